The van der Waals surface area contributed by atoms with E-state index in [-0.39, 0.29) is 12.3 Å². The highest BCUT2D eigenvalue weighted by atomic mass is 16.5. The SMILES string of the molecule is Cc1cccc(C=NNc2nc(N3CCOCC3)nc3c2ncn3CC(=O)c2cccc(C)c2)c1. The summed E-state index contributed by atoms with van der Waals surface area (Å²) in [6.45, 7) is 6.74. The lowest BCUT2D eigenvalue weighted by Crippen LogP contribution is -2.37. The van der Waals surface area contributed by atoms with Crippen LogP contribution in [0.3, 0.4) is 0 Å². The first-order valence-corrected chi connectivity index (χ1v) is 11.6. The average Bonchev–Trinajstić information content (AvgIpc) is 3.27. The Labute approximate surface area is 203 Å². The van der Waals surface area contributed by atoms with Crippen LogP contribution in [-0.2, 0) is 11.3 Å². The zero-order valence-corrected chi connectivity index (χ0v) is 19.8. The molecule has 0 radical (unpaired) electrons. The lowest BCUT2D eigenvalue weighted by Gasteiger charge is -2.27. The first-order chi connectivity index (χ1) is 17.1. The molecule has 0 unspecified atom stereocenters. The number of hydrazone groups is 1. The van der Waals surface area contributed by atoms with Crippen molar-refractivity contribution in [3.8, 4) is 0 Å². The van der Waals surface area contributed by atoms with E-state index in [0.29, 0.717) is 54.8 Å². The number of aromatic nitrogens is 4. The van der Waals surface area contributed by atoms with E-state index in [1.807, 2.05) is 62.4 Å². The van der Waals surface area contributed by atoms with Crippen molar-refractivity contribution in [2.45, 2.75) is 20.4 Å². The number of morpholine rings is 1. The van der Waals surface area contributed by atoms with Crippen molar-refractivity contribution in [1.82, 2.24) is 19.5 Å². The Bertz CT molecular complexity index is 1390. The molecule has 1 N–H and O–H groups in total. The van der Waals surface area contributed by atoms with Crippen molar-refractivity contribution < 1.29 is 9.53 Å². The number of carbonyl (C=O) groups excluding carboxylic acids is 1. The van der Waals surface area contributed by atoms with Gasteiger partial charge in [-0.1, -0.05) is 53.6 Å². The lowest BCUT2D eigenvalue weighted by atomic mass is 10.1. The van der Waals surface area contributed by atoms with Crippen molar-refractivity contribution in [3.63, 3.8) is 0 Å². The Morgan fingerprint density at radius 2 is 1.86 bits per heavy atom. The predicted molar refractivity (Wildman–Crippen MR) is 136 cm³/mol. The van der Waals surface area contributed by atoms with Crippen LogP contribution in [-0.4, -0.2) is 57.8 Å². The number of rotatable bonds is 7. The summed E-state index contributed by atoms with van der Waals surface area (Å²) in [7, 11) is 0. The van der Waals surface area contributed by atoms with Gasteiger partial charge in [0.1, 0.15) is 0 Å². The molecule has 1 fully saturated rings. The molecule has 0 amide bonds. The van der Waals surface area contributed by atoms with Gasteiger partial charge < -0.3 is 14.2 Å². The van der Waals surface area contributed by atoms with Crippen LogP contribution in [0.1, 0.15) is 27.0 Å². The first kappa shape index (κ1) is 22.7. The molecule has 1 saturated heterocycles. The van der Waals surface area contributed by atoms with E-state index in [2.05, 4.69) is 20.4 Å². The van der Waals surface area contributed by atoms with E-state index in [0.717, 1.165) is 16.7 Å². The molecule has 0 bridgehead atoms. The fourth-order valence-electron chi connectivity index (χ4n) is 4.01. The van der Waals surface area contributed by atoms with Crippen molar-refractivity contribution in [1.29, 1.82) is 0 Å². The summed E-state index contributed by atoms with van der Waals surface area (Å²) in [6, 6.07) is 15.6. The van der Waals surface area contributed by atoms with Gasteiger partial charge in [0.25, 0.3) is 0 Å². The Hall–Kier alpha value is -4.11. The molecule has 9 heteroatoms. The van der Waals surface area contributed by atoms with Gasteiger partial charge in [0.05, 0.1) is 32.3 Å². The third kappa shape index (κ3) is 5.20. The molecular weight excluding hydrogens is 442 g/mol. The minimum atomic E-state index is -0.00786. The maximum Gasteiger partial charge on any atom is 0.229 e. The van der Waals surface area contributed by atoms with Crippen LogP contribution in [0.25, 0.3) is 11.2 Å². The van der Waals surface area contributed by atoms with E-state index in [4.69, 9.17) is 14.7 Å². The van der Waals surface area contributed by atoms with Gasteiger partial charge in [-0.05, 0) is 25.5 Å². The summed E-state index contributed by atoms with van der Waals surface area (Å²) in [5, 5.41) is 4.39. The molecule has 35 heavy (non-hydrogen) atoms. The molecule has 3 heterocycles. The van der Waals surface area contributed by atoms with Gasteiger partial charge in [-0.15, -0.1) is 0 Å². The zero-order valence-electron chi connectivity index (χ0n) is 19.8. The number of nitrogens with zero attached hydrogens (tertiary/aromatic N) is 6. The summed E-state index contributed by atoms with van der Waals surface area (Å²) in [5.74, 6) is 1.03. The molecule has 1 aliphatic rings. The summed E-state index contributed by atoms with van der Waals surface area (Å²) >= 11 is 0. The molecule has 0 aliphatic carbocycles. The van der Waals surface area contributed by atoms with E-state index < -0.39 is 0 Å². The number of aryl methyl sites for hydroxylation is 2. The zero-order chi connectivity index (χ0) is 24.2. The van der Waals surface area contributed by atoms with Gasteiger partial charge in [-0.3, -0.25) is 10.2 Å². The number of hydrogen-bond donors (Lipinski definition) is 1. The van der Waals surface area contributed by atoms with Crippen LogP contribution in [0.15, 0.2) is 60.0 Å². The van der Waals surface area contributed by atoms with Crippen LogP contribution in [0, 0.1) is 13.8 Å². The lowest BCUT2D eigenvalue weighted by molar-refractivity contribution is 0.0973. The number of ether oxygens (including phenoxy) is 1. The normalized spacial score (nSPS) is 14.1. The number of anilines is 2. The molecule has 0 saturated carbocycles. The number of nitrogens with one attached hydrogen (secondary N) is 1. The Kier molecular flexibility index (Phi) is 6.49. The molecule has 1 aliphatic heterocycles. The van der Waals surface area contributed by atoms with E-state index >= 15 is 0 Å². The topological polar surface area (TPSA) is 97.5 Å². The van der Waals surface area contributed by atoms with Gasteiger partial charge in [0, 0.05) is 18.7 Å². The van der Waals surface area contributed by atoms with Gasteiger partial charge in [-0.25, -0.2) is 4.98 Å². The Morgan fingerprint density at radius 3 is 2.63 bits per heavy atom. The van der Waals surface area contributed by atoms with E-state index in [1.165, 1.54) is 0 Å². The van der Waals surface area contributed by atoms with Crippen LogP contribution in [0.5, 0.6) is 0 Å². The molecule has 0 atom stereocenters. The summed E-state index contributed by atoms with van der Waals surface area (Å²) < 4.78 is 7.25. The predicted octanol–water partition coefficient (Wildman–Crippen LogP) is 3.61. The maximum atomic E-state index is 13.0. The van der Waals surface area contributed by atoms with Crippen molar-refractivity contribution in [2.75, 3.05) is 36.6 Å². The molecule has 2 aromatic carbocycles. The van der Waals surface area contributed by atoms with Gasteiger partial charge >= 0.3 is 0 Å². The second-order valence-corrected chi connectivity index (χ2v) is 8.59. The molecule has 9 nitrogen and oxygen atoms in total. The van der Waals surface area contributed by atoms with Gasteiger partial charge in [-0.2, -0.15) is 15.1 Å². The number of ketones is 1. The molecular formula is C26H27N7O2. The maximum absolute atomic E-state index is 13.0. The molecule has 4 aromatic rings. The third-order valence-corrected chi connectivity index (χ3v) is 5.83. The van der Waals surface area contributed by atoms with Crippen LogP contribution >= 0.6 is 0 Å². The highest BCUT2D eigenvalue weighted by Gasteiger charge is 2.20. The second-order valence-electron chi connectivity index (χ2n) is 8.59. The highest BCUT2D eigenvalue weighted by molar-refractivity contribution is 5.97. The van der Waals surface area contributed by atoms with Crippen molar-refractivity contribution >= 4 is 34.9 Å². The largest absolute Gasteiger partial charge is 0.378 e. The number of hydrogen-bond acceptors (Lipinski definition) is 8. The fraction of sp³-hybridized carbons (Fsp3) is 0.269. The first-order valence-electron chi connectivity index (χ1n) is 11.6. The standard InChI is InChI=1S/C26H27N7O2/c1-18-5-3-7-20(13-18)15-28-31-24-23-25(30-26(29-24)32-9-11-35-12-10-32)33(17-27-23)16-22(34)21-8-4-6-19(2)14-21/h3-8,13-15,17H,9-12,16H2,1-2H3,(H,29,30,31). The number of benzene rings is 2. The van der Waals surface area contributed by atoms with Gasteiger partial charge in [0.2, 0.25) is 5.95 Å². The van der Waals surface area contributed by atoms with Gasteiger partial charge in [0.15, 0.2) is 22.8 Å². The summed E-state index contributed by atoms with van der Waals surface area (Å²) in [5.41, 5.74) is 8.02. The van der Waals surface area contributed by atoms with E-state index in [1.54, 1.807) is 17.1 Å². The monoisotopic (exact) mass is 469 g/mol. The summed E-state index contributed by atoms with van der Waals surface area (Å²) in [6.07, 6.45) is 3.37. The highest BCUT2D eigenvalue weighted by Crippen LogP contribution is 2.24. The number of imidazole rings is 1. The smallest absolute Gasteiger partial charge is 0.229 e. The second kappa shape index (κ2) is 10.0. The van der Waals surface area contributed by atoms with Crippen molar-refractivity contribution in [3.05, 3.63) is 77.1 Å². The van der Waals surface area contributed by atoms with Crippen LogP contribution in [0.4, 0.5) is 11.8 Å². The third-order valence-electron chi connectivity index (χ3n) is 5.83. The Morgan fingerprint density at radius 1 is 1.09 bits per heavy atom. The van der Waals surface area contributed by atoms with E-state index in [9.17, 15) is 4.79 Å². The molecule has 0 spiro atoms. The fourth-order valence-corrected chi connectivity index (χ4v) is 4.01. The van der Waals surface area contributed by atoms with Crippen molar-refractivity contribution in [2.24, 2.45) is 5.10 Å². The van der Waals surface area contributed by atoms with Crippen LogP contribution in [0.2, 0.25) is 0 Å². The molecule has 178 valence electrons. The minimum absolute atomic E-state index is 0.00786. The molecule has 5 rings (SSSR count). The minimum Gasteiger partial charge on any atom is -0.378 e. The van der Waals surface area contributed by atoms with Crippen LogP contribution < -0.4 is 10.3 Å². The number of fused-ring (bicyclic) bond motifs is 1. The number of Topliss-reactive ketones (excluding diaryl/α,β-unsaturated/α-hetero) is 1. The Balaban J connectivity index is 1.48. The number of carbonyl (C=O) groups is 1. The summed E-state index contributed by atoms with van der Waals surface area (Å²) in [4.78, 5) is 29.0. The average molecular weight is 470 g/mol. The quantitative estimate of drug-likeness (QED) is 0.251. The molecule has 2 aromatic heterocycles.